The quantitative estimate of drug-likeness (QED) is 0.593. The van der Waals surface area contributed by atoms with Gasteiger partial charge in [-0.25, -0.2) is 13.1 Å². The van der Waals surface area contributed by atoms with Crippen molar-refractivity contribution in [1.29, 1.82) is 0 Å². The predicted octanol–water partition coefficient (Wildman–Crippen LogP) is 1.61. The van der Waals surface area contributed by atoms with Crippen LogP contribution in [0.2, 0.25) is 0 Å². The van der Waals surface area contributed by atoms with E-state index in [1.807, 2.05) is 26.0 Å². The molecule has 0 saturated carbocycles. The Balaban J connectivity index is 1.79. The highest BCUT2D eigenvalue weighted by Gasteiger charge is 2.28. The summed E-state index contributed by atoms with van der Waals surface area (Å²) in [5.41, 5.74) is 1.05. The molecule has 1 atom stereocenters. The first kappa shape index (κ1) is 24.3. The largest absolute Gasteiger partial charge is 0.493 e. The molecule has 32 heavy (non-hydrogen) atoms. The molecule has 0 saturated heterocycles. The van der Waals surface area contributed by atoms with Gasteiger partial charge in [0.1, 0.15) is 5.82 Å². The van der Waals surface area contributed by atoms with Crippen LogP contribution < -0.4 is 18.9 Å². The third kappa shape index (κ3) is 5.51. The van der Waals surface area contributed by atoms with Crippen molar-refractivity contribution in [3.63, 3.8) is 0 Å². The summed E-state index contributed by atoms with van der Waals surface area (Å²) in [6, 6.07) is 3.50. The molecule has 3 rings (SSSR count). The van der Waals surface area contributed by atoms with E-state index in [1.54, 1.807) is 21.3 Å². The first-order chi connectivity index (χ1) is 15.2. The number of nitrogens with zero attached hydrogens (tertiary/aromatic N) is 4. The van der Waals surface area contributed by atoms with Crippen molar-refractivity contribution < 1.29 is 22.6 Å². The summed E-state index contributed by atoms with van der Waals surface area (Å²) in [5, 5.41) is 8.70. The molecule has 178 valence electrons. The van der Waals surface area contributed by atoms with Gasteiger partial charge in [-0.1, -0.05) is 13.8 Å². The highest BCUT2D eigenvalue weighted by Crippen LogP contribution is 2.38. The van der Waals surface area contributed by atoms with Crippen LogP contribution in [0.1, 0.15) is 37.1 Å². The van der Waals surface area contributed by atoms with E-state index >= 15 is 0 Å². The van der Waals surface area contributed by atoms with Crippen molar-refractivity contribution in [2.24, 2.45) is 5.92 Å². The van der Waals surface area contributed by atoms with Gasteiger partial charge in [0, 0.05) is 32.6 Å². The van der Waals surface area contributed by atoms with Crippen molar-refractivity contribution in [2.45, 2.75) is 39.4 Å². The van der Waals surface area contributed by atoms with E-state index in [0.717, 1.165) is 30.9 Å². The second-order valence-corrected chi connectivity index (χ2v) is 10.1. The van der Waals surface area contributed by atoms with E-state index in [1.165, 1.54) is 6.26 Å². The number of methoxy groups -OCH3 is 3. The molecule has 2 aromatic rings. The first-order valence-corrected chi connectivity index (χ1v) is 12.5. The van der Waals surface area contributed by atoms with Crippen LogP contribution in [-0.2, 0) is 29.5 Å². The number of ether oxygens (including phenoxy) is 3. The Morgan fingerprint density at radius 2 is 1.69 bits per heavy atom. The molecule has 1 N–H and O–H groups in total. The maximum atomic E-state index is 11.9. The minimum atomic E-state index is -3.38. The molecule has 1 aromatic carbocycles. The monoisotopic (exact) mass is 467 g/mol. The van der Waals surface area contributed by atoms with Crippen LogP contribution >= 0.6 is 0 Å². The lowest BCUT2D eigenvalue weighted by Crippen LogP contribution is -2.33. The van der Waals surface area contributed by atoms with Gasteiger partial charge < -0.3 is 18.8 Å². The molecule has 2 heterocycles. The molecule has 10 nitrogen and oxygen atoms in total. The molecule has 1 aliphatic heterocycles. The molecular weight excluding hydrogens is 434 g/mol. The summed E-state index contributed by atoms with van der Waals surface area (Å²) in [4.78, 5) is 2.33. The van der Waals surface area contributed by atoms with Gasteiger partial charge in [-0.3, -0.25) is 4.90 Å². The zero-order chi connectivity index (χ0) is 23.5. The van der Waals surface area contributed by atoms with Gasteiger partial charge in [0.15, 0.2) is 17.3 Å². The summed E-state index contributed by atoms with van der Waals surface area (Å²) >= 11 is 0. The number of rotatable bonds is 9. The normalized spacial score (nSPS) is 15.8. The summed E-state index contributed by atoms with van der Waals surface area (Å²) < 4.78 is 44.9. The van der Waals surface area contributed by atoms with E-state index in [-0.39, 0.29) is 5.92 Å². The number of fused-ring (bicyclic) bond motifs is 1. The van der Waals surface area contributed by atoms with Gasteiger partial charge in [0.2, 0.25) is 15.8 Å². The first-order valence-electron chi connectivity index (χ1n) is 10.6. The van der Waals surface area contributed by atoms with Gasteiger partial charge in [0.25, 0.3) is 0 Å². The molecule has 0 unspecified atom stereocenters. The zero-order valence-corrected chi connectivity index (χ0v) is 20.4. The maximum absolute atomic E-state index is 11.9. The van der Waals surface area contributed by atoms with Crippen LogP contribution in [0.25, 0.3) is 0 Å². The van der Waals surface area contributed by atoms with E-state index in [4.69, 9.17) is 14.2 Å². The Bertz CT molecular complexity index is 1010. The van der Waals surface area contributed by atoms with E-state index in [9.17, 15) is 8.42 Å². The molecule has 0 amide bonds. The Hall–Kier alpha value is -2.37. The molecule has 0 fully saturated rings. The van der Waals surface area contributed by atoms with Crippen molar-refractivity contribution in [1.82, 2.24) is 24.4 Å². The van der Waals surface area contributed by atoms with Gasteiger partial charge >= 0.3 is 0 Å². The van der Waals surface area contributed by atoms with Gasteiger partial charge in [-0.05, 0) is 23.6 Å². The van der Waals surface area contributed by atoms with Crippen molar-refractivity contribution in [3.8, 4) is 17.2 Å². The molecule has 0 aliphatic carbocycles. The number of nitrogens with one attached hydrogen (secondary N) is 1. The molecule has 1 aromatic heterocycles. The Kier molecular flexibility index (Phi) is 7.63. The van der Waals surface area contributed by atoms with Crippen molar-refractivity contribution in [3.05, 3.63) is 29.3 Å². The molecular formula is C21H33N5O5S. The van der Waals surface area contributed by atoms with Crippen LogP contribution in [-0.4, -0.2) is 68.8 Å². The van der Waals surface area contributed by atoms with Crippen LogP contribution in [0.15, 0.2) is 12.1 Å². The number of sulfonamides is 1. The SMILES string of the molecule is COc1cc(CN2CCc3nnc([C@H](NS(C)(=O)=O)C(C)C)n3CC2)cc(OC)c1OC. The zero-order valence-electron chi connectivity index (χ0n) is 19.6. The van der Waals surface area contributed by atoms with Crippen molar-refractivity contribution >= 4 is 10.0 Å². The molecule has 1 aliphatic rings. The second-order valence-electron chi connectivity index (χ2n) is 8.30. The number of hydrogen-bond acceptors (Lipinski definition) is 8. The lowest BCUT2D eigenvalue weighted by atomic mass is 10.1. The van der Waals surface area contributed by atoms with Gasteiger partial charge in [-0.15, -0.1) is 10.2 Å². The van der Waals surface area contributed by atoms with E-state index in [0.29, 0.717) is 36.2 Å². The molecule has 0 radical (unpaired) electrons. The summed E-state index contributed by atoms with van der Waals surface area (Å²) in [7, 11) is 1.43. The number of benzene rings is 1. The van der Waals surface area contributed by atoms with Gasteiger partial charge in [-0.2, -0.15) is 0 Å². The highest BCUT2D eigenvalue weighted by atomic mass is 32.2. The summed E-state index contributed by atoms with van der Waals surface area (Å²) in [6.45, 7) is 6.91. The van der Waals surface area contributed by atoms with E-state index in [2.05, 4.69) is 24.4 Å². The standard InChI is InChI=1S/C21H33N5O5S/c1-14(2)19(24-32(6,27)28)21-23-22-18-7-8-25(9-10-26(18)21)13-15-11-16(29-3)20(31-5)17(12-15)30-4/h11-12,14,19,24H,7-10,13H2,1-6H3/t19-/m1/s1. The Morgan fingerprint density at radius 3 is 2.22 bits per heavy atom. The van der Waals surface area contributed by atoms with Crippen molar-refractivity contribution in [2.75, 3.05) is 40.7 Å². The molecule has 11 heteroatoms. The minimum Gasteiger partial charge on any atom is -0.493 e. The topological polar surface area (TPSA) is 108 Å². The molecule has 0 bridgehead atoms. The second kappa shape index (κ2) is 10.1. The number of aromatic nitrogens is 3. The number of hydrogen-bond donors (Lipinski definition) is 1. The van der Waals surface area contributed by atoms with E-state index < -0.39 is 16.1 Å². The fourth-order valence-corrected chi connectivity index (χ4v) is 4.82. The smallest absolute Gasteiger partial charge is 0.209 e. The van der Waals surface area contributed by atoms with Gasteiger partial charge in [0.05, 0.1) is 33.6 Å². The minimum absolute atomic E-state index is 0.0385. The lowest BCUT2D eigenvalue weighted by Gasteiger charge is -2.23. The Labute approximate surface area is 189 Å². The van der Waals surface area contributed by atoms with Crippen LogP contribution in [0.4, 0.5) is 0 Å². The lowest BCUT2D eigenvalue weighted by molar-refractivity contribution is 0.266. The third-order valence-corrected chi connectivity index (χ3v) is 6.25. The third-order valence-electron chi connectivity index (χ3n) is 5.56. The molecule has 0 spiro atoms. The summed E-state index contributed by atoms with van der Waals surface area (Å²) in [6.07, 6.45) is 1.89. The maximum Gasteiger partial charge on any atom is 0.209 e. The average Bonchev–Trinajstić information content (AvgIpc) is 3.04. The fourth-order valence-electron chi connectivity index (χ4n) is 3.98. The highest BCUT2D eigenvalue weighted by molar-refractivity contribution is 7.88. The van der Waals surface area contributed by atoms with Crippen LogP contribution in [0.3, 0.4) is 0 Å². The average molecular weight is 468 g/mol. The van der Waals surface area contributed by atoms with Crippen LogP contribution in [0.5, 0.6) is 17.2 Å². The Morgan fingerprint density at radius 1 is 1.03 bits per heavy atom. The predicted molar refractivity (Wildman–Crippen MR) is 121 cm³/mol. The fraction of sp³-hybridized carbons (Fsp3) is 0.619. The summed E-state index contributed by atoms with van der Waals surface area (Å²) in [5.74, 6) is 3.40. The van der Waals surface area contributed by atoms with Crippen LogP contribution in [0, 0.1) is 5.92 Å².